The number of nitrogens with zero attached hydrogens (tertiary/aromatic N) is 4. The van der Waals surface area contributed by atoms with Crippen molar-refractivity contribution in [2.24, 2.45) is 0 Å². The van der Waals surface area contributed by atoms with Crippen LogP contribution in [0.1, 0.15) is 18.4 Å². The van der Waals surface area contributed by atoms with Gasteiger partial charge in [-0.15, -0.1) is 0 Å². The van der Waals surface area contributed by atoms with Gasteiger partial charge >= 0.3 is 0 Å². The number of rotatable bonds is 6. The van der Waals surface area contributed by atoms with Gasteiger partial charge in [-0.3, -0.25) is 4.79 Å². The number of fused-ring (bicyclic) bond motifs is 2. The first-order chi connectivity index (χ1) is 15.9. The van der Waals surface area contributed by atoms with E-state index in [9.17, 15) is 9.18 Å². The SMILES string of the molecule is C=CC(=O)N1CC2(CC2)c2ccc(Nc3nc(Nc4ccc(N(C)C)cc4)ncc3F)cc21. The minimum Gasteiger partial charge on any atom is -0.378 e. The summed E-state index contributed by atoms with van der Waals surface area (Å²) in [5, 5.41) is 6.14. The van der Waals surface area contributed by atoms with Crippen LogP contribution in [0.25, 0.3) is 0 Å². The number of anilines is 6. The molecule has 1 amide bonds. The monoisotopic (exact) mass is 444 g/mol. The molecular formula is C25H25FN6O. The summed E-state index contributed by atoms with van der Waals surface area (Å²) in [6, 6.07) is 13.6. The van der Waals surface area contributed by atoms with Gasteiger partial charge in [-0.25, -0.2) is 9.37 Å². The van der Waals surface area contributed by atoms with Crippen molar-refractivity contribution < 1.29 is 9.18 Å². The quantitative estimate of drug-likeness (QED) is 0.536. The van der Waals surface area contributed by atoms with E-state index in [0.29, 0.717) is 12.2 Å². The normalized spacial score (nSPS) is 15.2. The first-order valence-corrected chi connectivity index (χ1v) is 10.8. The van der Waals surface area contributed by atoms with E-state index in [0.717, 1.165) is 41.7 Å². The highest BCUT2D eigenvalue weighted by molar-refractivity contribution is 6.03. The standard InChI is InChI=1S/C25H25FN6O/c1-4-22(33)32-15-25(11-12-25)19-10-7-17(13-21(19)32)28-23-20(26)14-27-24(30-23)29-16-5-8-18(9-6-16)31(2)3/h4-10,13-14H,1,11-12,15H2,2-3H3,(H2,27,28,29,30). The molecule has 0 saturated heterocycles. The molecule has 5 rings (SSSR count). The predicted octanol–water partition coefficient (Wildman–Crippen LogP) is 4.73. The van der Waals surface area contributed by atoms with Crippen LogP contribution < -0.4 is 20.4 Å². The van der Waals surface area contributed by atoms with E-state index in [2.05, 4.69) is 27.2 Å². The van der Waals surface area contributed by atoms with Crippen molar-refractivity contribution in [2.45, 2.75) is 18.3 Å². The maximum Gasteiger partial charge on any atom is 0.250 e. The van der Waals surface area contributed by atoms with E-state index in [1.165, 1.54) is 6.08 Å². The summed E-state index contributed by atoms with van der Waals surface area (Å²) >= 11 is 0. The van der Waals surface area contributed by atoms with Gasteiger partial charge < -0.3 is 20.4 Å². The molecule has 3 aromatic rings. The van der Waals surface area contributed by atoms with Gasteiger partial charge in [-0.2, -0.15) is 4.98 Å². The van der Waals surface area contributed by atoms with Crippen LogP contribution in [0.2, 0.25) is 0 Å². The third-order valence-corrected chi connectivity index (χ3v) is 6.26. The van der Waals surface area contributed by atoms with Crippen LogP contribution in [0.3, 0.4) is 0 Å². The summed E-state index contributed by atoms with van der Waals surface area (Å²) in [6.45, 7) is 4.29. The van der Waals surface area contributed by atoms with Gasteiger partial charge in [0.05, 0.1) is 6.20 Å². The maximum absolute atomic E-state index is 14.5. The molecule has 1 aliphatic carbocycles. The van der Waals surface area contributed by atoms with Crippen molar-refractivity contribution in [3.05, 3.63) is 72.7 Å². The molecule has 1 fully saturated rings. The Morgan fingerprint density at radius 1 is 1.15 bits per heavy atom. The number of carbonyl (C=O) groups is 1. The number of hydrogen-bond donors (Lipinski definition) is 2. The Morgan fingerprint density at radius 2 is 1.88 bits per heavy atom. The van der Waals surface area contributed by atoms with E-state index >= 15 is 0 Å². The lowest BCUT2D eigenvalue weighted by Crippen LogP contribution is -2.29. The molecule has 2 N–H and O–H groups in total. The molecule has 33 heavy (non-hydrogen) atoms. The molecular weight excluding hydrogens is 419 g/mol. The molecule has 2 aromatic carbocycles. The highest BCUT2D eigenvalue weighted by Gasteiger charge is 2.52. The molecule has 0 radical (unpaired) electrons. The Morgan fingerprint density at radius 3 is 2.55 bits per heavy atom. The minimum atomic E-state index is -0.568. The summed E-state index contributed by atoms with van der Waals surface area (Å²) in [4.78, 5) is 24.5. The lowest BCUT2D eigenvalue weighted by molar-refractivity contribution is -0.114. The van der Waals surface area contributed by atoms with Gasteiger partial charge in [0.15, 0.2) is 11.6 Å². The Kier molecular flexibility index (Phi) is 5.00. The van der Waals surface area contributed by atoms with Gasteiger partial charge in [-0.1, -0.05) is 12.6 Å². The second-order valence-electron chi connectivity index (χ2n) is 8.72. The summed E-state index contributed by atoms with van der Waals surface area (Å²) in [5.41, 5.74) is 4.57. The molecule has 2 aliphatic rings. The Labute approximate surface area is 192 Å². The van der Waals surface area contributed by atoms with E-state index < -0.39 is 5.82 Å². The number of amides is 1. The van der Waals surface area contributed by atoms with Crippen LogP contribution in [-0.4, -0.2) is 36.5 Å². The Bertz CT molecular complexity index is 1240. The second kappa shape index (κ2) is 7.88. The number of benzene rings is 2. The topological polar surface area (TPSA) is 73.4 Å². The van der Waals surface area contributed by atoms with Crippen LogP contribution in [0.15, 0.2) is 61.3 Å². The highest BCUT2D eigenvalue weighted by atomic mass is 19.1. The summed E-state index contributed by atoms with van der Waals surface area (Å²) in [5.74, 6) is -0.366. The number of hydrogen-bond acceptors (Lipinski definition) is 6. The first-order valence-electron chi connectivity index (χ1n) is 10.8. The van der Waals surface area contributed by atoms with E-state index in [-0.39, 0.29) is 23.1 Å². The number of aromatic nitrogens is 2. The Balaban J connectivity index is 1.39. The molecule has 1 aromatic heterocycles. The number of nitrogens with one attached hydrogen (secondary N) is 2. The smallest absolute Gasteiger partial charge is 0.250 e. The van der Waals surface area contributed by atoms with E-state index in [1.807, 2.05) is 61.5 Å². The van der Waals surface area contributed by atoms with Gasteiger partial charge in [0.25, 0.3) is 0 Å². The zero-order valence-corrected chi connectivity index (χ0v) is 18.6. The van der Waals surface area contributed by atoms with Gasteiger partial charge in [-0.05, 0) is 60.9 Å². The van der Waals surface area contributed by atoms with Gasteiger partial charge in [0, 0.05) is 48.8 Å². The largest absolute Gasteiger partial charge is 0.378 e. The lowest BCUT2D eigenvalue weighted by Gasteiger charge is -2.16. The second-order valence-corrected chi connectivity index (χ2v) is 8.72. The molecule has 1 saturated carbocycles. The Hall–Kier alpha value is -3.94. The fourth-order valence-electron chi connectivity index (χ4n) is 4.26. The average Bonchev–Trinajstić information content (AvgIpc) is 3.52. The lowest BCUT2D eigenvalue weighted by atomic mass is 9.98. The molecule has 7 nitrogen and oxygen atoms in total. The summed E-state index contributed by atoms with van der Waals surface area (Å²) < 4.78 is 14.5. The van der Waals surface area contributed by atoms with Crippen molar-refractivity contribution in [1.82, 2.24) is 9.97 Å². The molecule has 168 valence electrons. The molecule has 2 heterocycles. The average molecular weight is 445 g/mol. The zero-order chi connectivity index (χ0) is 23.2. The molecule has 0 unspecified atom stereocenters. The van der Waals surface area contributed by atoms with Crippen LogP contribution in [-0.2, 0) is 10.2 Å². The molecule has 0 bridgehead atoms. The minimum absolute atomic E-state index is 0.0538. The number of halogens is 1. The predicted molar refractivity (Wildman–Crippen MR) is 129 cm³/mol. The van der Waals surface area contributed by atoms with Crippen LogP contribution in [0, 0.1) is 5.82 Å². The molecule has 0 atom stereocenters. The fourth-order valence-corrected chi connectivity index (χ4v) is 4.26. The fraction of sp³-hybridized carbons (Fsp3) is 0.240. The van der Waals surface area contributed by atoms with Crippen molar-refractivity contribution >= 4 is 40.4 Å². The summed E-state index contributed by atoms with van der Waals surface area (Å²) in [6.07, 6.45) is 4.60. The van der Waals surface area contributed by atoms with Crippen molar-refractivity contribution in [2.75, 3.05) is 41.1 Å². The molecule has 1 aliphatic heterocycles. The summed E-state index contributed by atoms with van der Waals surface area (Å²) in [7, 11) is 3.94. The van der Waals surface area contributed by atoms with Crippen LogP contribution >= 0.6 is 0 Å². The molecule has 8 heteroatoms. The first kappa shape index (κ1) is 20.9. The van der Waals surface area contributed by atoms with E-state index in [1.54, 1.807) is 4.90 Å². The number of carbonyl (C=O) groups excluding carboxylic acids is 1. The maximum atomic E-state index is 14.5. The van der Waals surface area contributed by atoms with Gasteiger partial charge in [0.2, 0.25) is 11.9 Å². The third kappa shape index (κ3) is 3.88. The van der Waals surface area contributed by atoms with Crippen molar-refractivity contribution in [3.8, 4) is 0 Å². The third-order valence-electron chi connectivity index (χ3n) is 6.26. The highest BCUT2D eigenvalue weighted by Crippen LogP contribution is 2.57. The van der Waals surface area contributed by atoms with Crippen LogP contribution in [0.4, 0.5) is 38.9 Å². The molecule has 1 spiro atoms. The van der Waals surface area contributed by atoms with E-state index in [4.69, 9.17) is 0 Å². The van der Waals surface area contributed by atoms with Crippen molar-refractivity contribution in [1.29, 1.82) is 0 Å². The van der Waals surface area contributed by atoms with Crippen molar-refractivity contribution in [3.63, 3.8) is 0 Å². The zero-order valence-electron chi connectivity index (χ0n) is 18.6. The van der Waals surface area contributed by atoms with Crippen LogP contribution in [0.5, 0.6) is 0 Å². The van der Waals surface area contributed by atoms with Gasteiger partial charge in [0.1, 0.15) is 0 Å².